The zero-order valence-corrected chi connectivity index (χ0v) is 10.5. The lowest BCUT2D eigenvalue weighted by Gasteiger charge is -2.06. The molecule has 0 aliphatic carbocycles. The predicted octanol–water partition coefficient (Wildman–Crippen LogP) is 2.93. The van der Waals surface area contributed by atoms with Crippen LogP contribution in [0.3, 0.4) is 0 Å². The summed E-state index contributed by atoms with van der Waals surface area (Å²) >= 11 is 1.70. The molecule has 2 rings (SSSR count). The van der Waals surface area contributed by atoms with Gasteiger partial charge in [0.25, 0.3) is 0 Å². The van der Waals surface area contributed by atoms with Crippen LogP contribution >= 0.6 is 11.3 Å². The molecule has 0 unspecified atom stereocenters. The minimum atomic E-state index is 0.654. The first-order valence-corrected chi connectivity index (χ1v) is 6.30. The van der Waals surface area contributed by atoms with E-state index in [-0.39, 0.29) is 0 Å². The van der Waals surface area contributed by atoms with Crippen LogP contribution in [-0.4, -0.2) is 11.5 Å². The number of nitrogens with zero attached hydrogens (tertiary/aromatic N) is 1. The van der Waals surface area contributed by atoms with Crippen LogP contribution in [0.25, 0.3) is 10.4 Å². The van der Waals surface area contributed by atoms with Crippen LogP contribution in [0.15, 0.2) is 23.7 Å². The summed E-state index contributed by atoms with van der Waals surface area (Å²) in [5, 5.41) is 0. The molecular weight excluding hydrogens is 216 g/mol. The average molecular weight is 232 g/mol. The molecule has 0 amide bonds. The second-order valence-electron chi connectivity index (χ2n) is 3.99. The van der Waals surface area contributed by atoms with Crippen LogP contribution in [0.1, 0.15) is 16.8 Å². The molecule has 1 heterocycles. The highest BCUT2D eigenvalue weighted by Crippen LogP contribution is 2.31. The van der Waals surface area contributed by atoms with Gasteiger partial charge in [-0.15, -0.1) is 11.3 Å². The van der Waals surface area contributed by atoms with Crippen molar-refractivity contribution < 1.29 is 0 Å². The standard InChI is InChI=1S/C13H16N2S/c1-9-3-4-10(2)11(7-9)13-12(5-6-14)15-8-16-13/h3-4,7-8H,5-6,14H2,1-2H3. The summed E-state index contributed by atoms with van der Waals surface area (Å²) in [6.45, 7) is 4.91. The van der Waals surface area contributed by atoms with Crippen LogP contribution in [0, 0.1) is 13.8 Å². The van der Waals surface area contributed by atoms with Crippen LogP contribution in [0.4, 0.5) is 0 Å². The van der Waals surface area contributed by atoms with Crippen LogP contribution in [0.2, 0.25) is 0 Å². The average Bonchev–Trinajstić information content (AvgIpc) is 2.70. The number of benzene rings is 1. The molecule has 0 saturated carbocycles. The number of hydrogen-bond donors (Lipinski definition) is 1. The van der Waals surface area contributed by atoms with Crippen molar-refractivity contribution in [2.45, 2.75) is 20.3 Å². The largest absolute Gasteiger partial charge is 0.330 e. The Bertz CT molecular complexity index is 488. The summed E-state index contributed by atoms with van der Waals surface area (Å²) in [7, 11) is 0. The Morgan fingerprint density at radius 2 is 2.12 bits per heavy atom. The first kappa shape index (κ1) is 11.3. The fourth-order valence-corrected chi connectivity index (χ4v) is 2.71. The Labute approximate surface area is 100 Å². The minimum absolute atomic E-state index is 0.654. The third-order valence-corrected chi connectivity index (χ3v) is 3.56. The molecule has 0 saturated heterocycles. The molecule has 16 heavy (non-hydrogen) atoms. The van der Waals surface area contributed by atoms with E-state index in [0.29, 0.717) is 6.54 Å². The van der Waals surface area contributed by atoms with Gasteiger partial charge in [-0.05, 0) is 31.5 Å². The fourth-order valence-electron chi connectivity index (χ4n) is 1.78. The maximum absolute atomic E-state index is 5.60. The SMILES string of the molecule is Cc1ccc(C)c(-c2scnc2CCN)c1. The Hall–Kier alpha value is -1.19. The van der Waals surface area contributed by atoms with E-state index in [0.717, 1.165) is 12.1 Å². The molecule has 0 atom stereocenters. The molecule has 0 aliphatic rings. The van der Waals surface area contributed by atoms with E-state index in [9.17, 15) is 0 Å². The second-order valence-corrected chi connectivity index (χ2v) is 4.84. The van der Waals surface area contributed by atoms with Crippen molar-refractivity contribution in [3.63, 3.8) is 0 Å². The lowest BCUT2D eigenvalue weighted by molar-refractivity contribution is 0.937. The monoisotopic (exact) mass is 232 g/mol. The maximum atomic E-state index is 5.60. The van der Waals surface area contributed by atoms with Crippen LogP contribution in [0.5, 0.6) is 0 Å². The zero-order chi connectivity index (χ0) is 11.5. The molecule has 0 spiro atoms. The van der Waals surface area contributed by atoms with Gasteiger partial charge in [-0.25, -0.2) is 4.98 Å². The van der Waals surface area contributed by atoms with Crippen molar-refractivity contribution >= 4 is 11.3 Å². The number of nitrogens with two attached hydrogens (primary N) is 1. The van der Waals surface area contributed by atoms with Crippen LogP contribution in [-0.2, 0) is 6.42 Å². The molecule has 1 aromatic heterocycles. The number of thiazole rings is 1. The summed E-state index contributed by atoms with van der Waals surface area (Å²) in [5.74, 6) is 0. The van der Waals surface area contributed by atoms with Gasteiger partial charge in [-0.3, -0.25) is 0 Å². The highest BCUT2D eigenvalue weighted by molar-refractivity contribution is 7.13. The topological polar surface area (TPSA) is 38.9 Å². The summed E-state index contributed by atoms with van der Waals surface area (Å²) in [5.41, 5.74) is 12.5. The number of rotatable bonds is 3. The molecule has 3 heteroatoms. The zero-order valence-electron chi connectivity index (χ0n) is 9.66. The first-order valence-electron chi connectivity index (χ1n) is 5.42. The lowest BCUT2D eigenvalue weighted by Crippen LogP contribution is -2.03. The highest BCUT2D eigenvalue weighted by atomic mass is 32.1. The van der Waals surface area contributed by atoms with Gasteiger partial charge in [-0.1, -0.05) is 23.8 Å². The van der Waals surface area contributed by atoms with Crippen molar-refractivity contribution in [2.75, 3.05) is 6.54 Å². The lowest BCUT2D eigenvalue weighted by atomic mass is 10.0. The Morgan fingerprint density at radius 3 is 2.88 bits per heavy atom. The molecule has 84 valence electrons. The Balaban J connectivity index is 2.49. The van der Waals surface area contributed by atoms with E-state index in [1.165, 1.54) is 21.6 Å². The molecule has 1 aromatic carbocycles. The first-order chi connectivity index (χ1) is 7.72. The minimum Gasteiger partial charge on any atom is -0.330 e. The molecule has 0 aliphatic heterocycles. The van der Waals surface area contributed by atoms with Crippen molar-refractivity contribution in [1.82, 2.24) is 4.98 Å². The van der Waals surface area contributed by atoms with Crippen molar-refractivity contribution in [3.05, 3.63) is 40.5 Å². The smallest absolute Gasteiger partial charge is 0.0801 e. The van der Waals surface area contributed by atoms with Gasteiger partial charge in [0.2, 0.25) is 0 Å². The van der Waals surface area contributed by atoms with Crippen molar-refractivity contribution in [1.29, 1.82) is 0 Å². The van der Waals surface area contributed by atoms with Gasteiger partial charge in [0.1, 0.15) is 0 Å². The molecular formula is C13H16N2S. The number of aromatic nitrogens is 1. The van der Waals surface area contributed by atoms with Gasteiger partial charge < -0.3 is 5.73 Å². The van der Waals surface area contributed by atoms with Gasteiger partial charge in [0.15, 0.2) is 0 Å². The summed E-state index contributed by atoms with van der Waals surface area (Å²) in [6.07, 6.45) is 0.853. The number of aryl methyl sites for hydroxylation is 2. The van der Waals surface area contributed by atoms with Gasteiger partial charge in [0, 0.05) is 6.42 Å². The quantitative estimate of drug-likeness (QED) is 0.883. The summed E-state index contributed by atoms with van der Waals surface area (Å²) < 4.78 is 0. The normalized spacial score (nSPS) is 10.7. The molecule has 2 N–H and O–H groups in total. The Kier molecular flexibility index (Phi) is 3.36. The molecule has 0 fully saturated rings. The number of hydrogen-bond acceptors (Lipinski definition) is 3. The van der Waals surface area contributed by atoms with Crippen molar-refractivity contribution in [3.8, 4) is 10.4 Å². The van der Waals surface area contributed by atoms with E-state index >= 15 is 0 Å². The summed E-state index contributed by atoms with van der Waals surface area (Å²) in [4.78, 5) is 5.66. The molecule has 2 aromatic rings. The maximum Gasteiger partial charge on any atom is 0.0801 e. The molecule has 0 radical (unpaired) electrons. The van der Waals surface area contributed by atoms with Crippen molar-refractivity contribution in [2.24, 2.45) is 5.73 Å². The van der Waals surface area contributed by atoms with Gasteiger partial charge in [0.05, 0.1) is 16.1 Å². The Morgan fingerprint density at radius 1 is 1.31 bits per heavy atom. The second kappa shape index (κ2) is 4.76. The predicted molar refractivity (Wildman–Crippen MR) is 69.8 cm³/mol. The third kappa shape index (κ3) is 2.15. The fraction of sp³-hybridized carbons (Fsp3) is 0.308. The van der Waals surface area contributed by atoms with E-state index < -0.39 is 0 Å². The van der Waals surface area contributed by atoms with E-state index in [1.807, 2.05) is 5.51 Å². The third-order valence-electron chi connectivity index (χ3n) is 2.66. The van der Waals surface area contributed by atoms with E-state index in [4.69, 9.17) is 5.73 Å². The van der Waals surface area contributed by atoms with Gasteiger partial charge >= 0.3 is 0 Å². The highest BCUT2D eigenvalue weighted by Gasteiger charge is 2.10. The molecule has 0 bridgehead atoms. The van der Waals surface area contributed by atoms with Crippen LogP contribution < -0.4 is 5.73 Å². The van der Waals surface area contributed by atoms with Gasteiger partial charge in [-0.2, -0.15) is 0 Å². The summed E-state index contributed by atoms with van der Waals surface area (Å²) in [6, 6.07) is 6.53. The molecule has 2 nitrogen and oxygen atoms in total. The van der Waals surface area contributed by atoms with E-state index in [2.05, 4.69) is 37.0 Å². The van der Waals surface area contributed by atoms with E-state index in [1.54, 1.807) is 11.3 Å².